The van der Waals surface area contributed by atoms with E-state index < -0.39 is 17.5 Å². The van der Waals surface area contributed by atoms with Gasteiger partial charge in [0.15, 0.2) is 0 Å². The Kier molecular flexibility index (Phi) is 6.32. The van der Waals surface area contributed by atoms with E-state index in [0.717, 1.165) is 30.2 Å². The Bertz CT molecular complexity index is 821. The second-order valence-corrected chi connectivity index (χ2v) is 9.22. The van der Waals surface area contributed by atoms with Crippen molar-refractivity contribution in [1.29, 1.82) is 0 Å². The second-order valence-electron chi connectivity index (χ2n) is 9.22. The van der Waals surface area contributed by atoms with Gasteiger partial charge in [-0.05, 0) is 91.2 Å². The summed E-state index contributed by atoms with van der Waals surface area (Å²) in [4.78, 5) is 0. The van der Waals surface area contributed by atoms with E-state index in [1.54, 1.807) is 6.07 Å². The third kappa shape index (κ3) is 4.54. The molecular formula is C26H31F3. The topological polar surface area (TPSA) is 0 Å². The lowest BCUT2D eigenvalue weighted by molar-refractivity contribution is 0.113. The van der Waals surface area contributed by atoms with E-state index in [-0.39, 0.29) is 17.0 Å². The molecule has 0 bridgehead atoms. The summed E-state index contributed by atoms with van der Waals surface area (Å²) in [5, 5.41) is 0. The van der Waals surface area contributed by atoms with Gasteiger partial charge in [-0.3, -0.25) is 0 Å². The quantitative estimate of drug-likeness (QED) is 0.474. The molecule has 0 heterocycles. The molecule has 3 heteroatoms. The molecule has 0 amide bonds. The Morgan fingerprint density at radius 1 is 0.862 bits per heavy atom. The van der Waals surface area contributed by atoms with Crippen LogP contribution in [0.2, 0.25) is 0 Å². The van der Waals surface area contributed by atoms with Gasteiger partial charge in [0.1, 0.15) is 17.5 Å². The molecule has 29 heavy (non-hydrogen) atoms. The van der Waals surface area contributed by atoms with Crippen LogP contribution in [0, 0.1) is 35.2 Å². The Balaban J connectivity index is 1.48. The van der Waals surface area contributed by atoms with Crippen LogP contribution in [-0.2, 0) is 0 Å². The predicted molar refractivity (Wildman–Crippen MR) is 112 cm³/mol. The van der Waals surface area contributed by atoms with Crippen LogP contribution in [0.1, 0.15) is 76.2 Å². The average Bonchev–Trinajstić information content (AvgIpc) is 2.71. The van der Waals surface area contributed by atoms with Crippen molar-refractivity contribution >= 4 is 0 Å². The molecule has 0 aliphatic heterocycles. The molecule has 4 atom stereocenters. The van der Waals surface area contributed by atoms with Gasteiger partial charge < -0.3 is 0 Å². The van der Waals surface area contributed by atoms with Crippen molar-refractivity contribution in [3.05, 3.63) is 59.4 Å². The maximum absolute atomic E-state index is 14.8. The van der Waals surface area contributed by atoms with Crippen LogP contribution in [0.3, 0.4) is 0 Å². The Morgan fingerprint density at radius 2 is 1.59 bits per heavy atom. The SMILES string of the molecule is CCCCC1CC[C@@H]2C[C@H](c3cc(F)c(-c4cccc(F)c4)c(F)c3)CC[C@@H]2C1. The summed E-state index contributed by atoms with van der Waals surface area (Å²) in [5.74, 6) is 0.941. The van der Waals surface area contributed by atoms with E-state index >= 15 is 0 Å². The third-order valence-electron chi connectivity index (χ3n) is 7.34. The first-order valence-electron chi connectivity index (χ1n) is 11.3. The van der Waals surface area contributed by atoms with Crippen molar-refractivity contribution in [3.8, 4) is 11.1 Å². The number of rotatable bonds is 5. The highest BCUT2D eigenvalue weighted by Gasteiger charge is 2.36. The van der Waals surface area contributed by atoms with Crippen LogP contribution < -0.4 is 0 Å². The summed E-state index contributed by atoms with van der Waals surface area (Å²) >= 11 is 0. The Labute approximate surface area is 172 Å². The Hall–Kier alpha value is -1.77. The highest BCUT2D eigenvalue weighted by atomic mass is 19.1. The van der Waals surface area contributed by atoms with Crippen LogP contribution in [0.15, 0.2) is 36.4 Å². The van der Waals surface area contributed by atoms with Gasteiger partial charge in [-0.1, -0.05) is 44.7 Å². The molecule has 0 radical (unpaired) electrons. The van der Waals surface area contributed by atoms with Crippen molar-refractivity contribution in [2.75, 3.05) is 0 Å². The van der Waals surface area contributed by atoms with Crippen molar-refractivity contribution in [2.45, 2.75) is 70.6 Å². The van der Waals surface area contributed by atoms with E-state index in [2.05, 4.69) is 6.92 Å². The summed E-state index contributed by atoms with van der Waals surface area (Å²) in [7, 11) is 0. The maximum atomic E-state index is 14.8. The smallest absolute Gasteiger partial charge is 0.134 e. The monoisotopic (exact) mass is 400 g/mol. The molecular weight excluding hydrogens is 369 g/mol. The van der Waals surface area contributed by atoms with Gasteiger partial charge in [0.2, 0.25) is 0 Å². The van der Waals surface area contributed by atoms with E-state index in [1.165, 1.54) is 75.3 Å². The minimum atomic E-state index is -0.587. The van der Waals surface area contributed by atoms with Crippen LogP contribution >= 0.6 is 0 Å². The first-order valence-corrected chi connectivity index (χ1v) is 11.3. The van der Waals surface area contributed by atoms with Crippen molar-refractivity contribution in [3.63, 3.8) is 0 Å². The van der Waals surface area contributed by atoms with E-state index in [9.17, 15) is 13.2 Å². The van der Waals surface area contributed by atoms with Crippen molar-refractivity contribution < 1.29 is 13.2 Å². The standard InChI is InChI=1S/C26H31F3/c1-2-3-5-17-8-9-19-13-20(11-10-18(19)12-17)22-15-24(28)26(25(29)16-22)21-6-4-7-23(27)14-21/h4,6-7,14-20H,2-3,5,8-13H2,1H3/t17?,18-,19-,20-/m1/s1. The zero-order chi connectivity index (χ0) is 20.4. The molecule has 2 aromatic carbocycles. The average molecular weight is 401 g/mol. The second kappa shape index (κ2) is 8.93. The minimum Gasteiger partial charge on any atom is -0.207 e. The number of fused-ring (bicyclic) bond motifs is 1. The fourth-order valence-corrected chi connectivity index (χ4v) is 5.79. The van der Waals surface area contributed by atoms with Crippen LogP contribution in [0.25, 0.3) is 11.1 Å². The van der Waals surface area contributed by atoms with Gasteiger partial charge in [0, 0.05) is 0 Å². The van der Waals surface area contributed by atoms with Gasteiger partial charge in [-0.15, -0.1) is 0 Å². The van der Waals surface area contributed by atoms with Gasteiger partial charge in [0.25, 0.3) is 0 Å². The first-order chi connectivity index (χ1) is 14.0. The van der Waals surface area contributed by atoms with Gasteiger partial charge in [-0.25, -0.2) is 13.2 Å². The molecule has 2 aliphatic rings. The fourth-order valence-electron chi connectivity index (χ4n) is 5.79. The molecule has 2 aliphatic carbocycles. The fraction of sp³-hybridized carbons (Fsp3) is 0.538. The Morgan fingerprint density at radius 3 is 2.31 bits per heavy atom. The summed E-state index contributed by atoms with van der Waals surface area (Å²) in [6, 6.07) is 8.47. The number of hydrogen-bond acceptors (Lipinski definition) is 0. The number of hydrogen-bond donors (Lipinski definition) is 0. The summed E-state index contributed by atoms with van der Waals surface area (Å²) in [6.45, 7) is 2.26. The van der Waals surface area contributed by atoms with E-state index in [1.807, 2.05) is 0 Å². The molecule has 0 spiro atoms. The molecule has 1 unspecified atom stereocenters. The lowest BCUT2D eigenvalue weighted by atomic mass is 9.63. The first kappa shape index (κ1) is 20.5. The third-order valence-corrected chi connectivity index (χ3v) is 7.34. The minimum absolute atomic E-state index is 0.127. The normalized spacial score (nSPS) is 26.9. The molecule has 0 nitrogen and oxygen atoms in total. The van der Waals surface area contributed by atoms with Crippen LogP contribution in [-0.4, -0.2) is 0 Å². The zero-order valence-electron chi connectivity index (χ0n) is 17.3. The number of halogens is 3. The van der Waals surface area contributed by atoms with Gasteiger partial charge >= 0.3 is 0 Å². The maximum Gasteiger partial charge on any atom is 0.134 e. The number of benzene rings is 2. The molecule has 0 aromatic heterocycles. The predicted octanol–water partition coefficient (Wildman–Crippen LogP) is 8.26. The molecule has 2 saturated carbocycles. The van der Waals surface area contributed by atoms with E-state index in [4.69, 9.17) is 0 Å². The largest absolute Gasteiger partial charge is 0.207 e. The molecule has 0 saturated heterocycles. The molecule has 0 N–H and O–H groups in total. The van der Waals surface area contributed by atoms with Crippen molar-refractivity contribution in [1.82, 2.24) is 0 Å². The number of unbranched alkanes of at least 4 members (excludes halogenated alkanes) is 1. The van der Waals surface area contributed by atoms with E-state index in [0.29, 0.717) is 5.92 Å². The molecule has 4 rings (SSSR count). The van der Waals surface area contributed by atoms with Crippen molar-refractivity contribution in [2.24, 2.45) is 17.8 Å². The lowest BCUT2D eigenvalue weighted by Crippen LogP contribution is -2.30. The van der Waals surface area contributed by atoms with Gasteiger partial charge in [-0.2, -0.15) is 0 Å². The summed E-state index contributed by atoms with van der Waals surface area (Å²) in [6.07, 6.45) is 11.1. The molecule has 2 fully saturated rings. The molecule has 156 valence electrons. The lowest BCUT2D eigenvalue weighted by Gasteiger charge is -2.42. The highest BCUT2D eigenvalue weighted by molar-refractivity contribution is 5.65. The van der Waals surface area contributed by atoms with Crippen LogP contribution in [0.5, 0.6) is 0 Å². The van der Waals surface area contributed by atoms with Crippen LogP contribution in [0.4, 0.5) is 13.2 Å². The summed E-state index contributed by atoms with van der Waals surface area (Å²) in [5.41, 5.74) is 0.894. The summed E-state index contributed by atoms with van der Waals surface area (Å²) < 4.78 is 43.1. The highest BCUT2D eigenvalue weighted by Crippen LogP contribution is 2.48. The molecule has 2 aromatic rings. The zero-order valence-corrected chi connectivity index (χ0v) is 17.3. The van der Waals surface area contributed by atoms with Gasteiger partial charge in [0.05, 0.1) is 5.56 Å².